The molecule has 0 bridgehead atoms. The second kappa shape index (κ2) is 9.62. The van der Waals surface area contributed by atoms with E-state index in [-0.39, 0.29) is 17.4 Å². The average molecular weight is 373 g/mol. The van der Waals surface area contributed by atoms with Crippen molar-refractivity contribution in [2.45, 2.75) is 12.2 Å². The maximum absolute atomic E-state index is 12.1. The molecule has 26 heavy (non-hydrogen) atoms. The number of carbonyl (C=O) groups excluding carboxylic acids is 3. The van der Waals surface area contributed by atoms with Gasteiger partial charge >= 0.3 is 5.97 Å². The molecular formula is C19H19NO5S. The number of thioether (sulfide) groups is 1. The molecule has 2 aromatic carbocycles. The van der Waals surface area contributed by atoms with Crippen molar-refractivity contribution >= 4 is 28.8 Å². The molecule has 0 saturated heterocycles. The normalized spacial score (nSPS) is 11.3. The predicted molar refractivity (Wildman–Crippen MR) is 99.5 cm³/mol. The summed E-state index contributed by atoms with van der Waals surface area (Å²) in [5.41, 5.74) is 0.521. The Hall–Kier alpha value is -2.80. The fourth-order valence-corrected chi connectivity index (χ4v) is 2.80. The van der Waals surface area contributed by atoms with E-state index in [9.17, 15) is 14.4 Å². The Kier molecular flexibility index (Phi) is 7.23. The Balaban J connectivity index is 1.82. The molecule has 0 spiro atoms. The zero-order chi connectivity index (χ0) is 18.9. The number of para-hydroxylation sites is 2. The van der Waals surface area contributed by atoms with Gasteiger partial charge in [0.05, 0.1) is 12.4 Å². The number of ether oxygens (including phenoxy) is 2. The van der Waals surface area contributed by atoms with E-state index in [0.29, 0.717) is 11.3 Å². The van der Waals surface area contributed by atoms with Gasteiger partial charge in [0.25, 0.3) is 0 Å². The van der Waals surface area contributed by atoms with E-state index in [2.05, 4.69) is 5.32 Å². The maximum Gasteiger partial charge on any atom is 0.330 e. The number of amides is 1. The number of methoxy groups -OCH3 is 1. The van der Waals surface area contributed by atoms with Crippen LogP contribution in [0.1, 0.15) is 17.3 Å². The van der Waals surface area contributed by atoms with Crippen LogP contribution < -0.4 is 14.8 Å². The second-order valence-corrected chi connectivity index (χ2v) is 6.57. The predicted octanol–water partition coefficient (Wildman–Crippen LogP) is 2.68. The minimum Gasteiger partial charge on any atom is -0.493 e. The number of rotatable bonds is 7. The van der Waals surface area contributed by atoms with Gasteiger partial charge in [0.15, 0.2) is 11.5 Å². The molecule has 2 rings (SSSR count). The highest BCUT2D eigenvalue weighted by Crippen LogP contribution is 2.25. The molecule has 0 aliphatic rings. The molecule has 0 saturated carbocycles. The minimum absolute atomic E-state index is 0.204. The van der Waals surface area contributed by atoms with Crippen LogP contribution in [0.4, 0.5) is 0 Å². The monoisotopic (exact) mass is 373 g/mol. The zero-order valence-corrected chi connectivity index (χ0v) is 15.2. The van der Waals surface area contributed by atoms with Gasteiger partial charge in [-0.05, 0) is 19.1 Å². The van der Waals surface area contributed by atoms with Crippen molar-refractivity contribution in [1.82, 2.24) is 5.32 Å². The Bertz CT molecular complexity index is 779. The highest BCUT2D eigenvalue weighted by atomic mass is 32.2. The van der Waals surface area contributed by atoms with E-state index in [0.717, 1.165) is 11.8 Å². The molecule has 0 aromatic heterocycles. The van der Waals surface area contributed by atoms with E-state index in [1.807, 2.05) is 6.07 Å². The molecule has 1 amide bonds. The number of benzene rings is 2. The first-order valence-electron chi connectivity index (χ1n) is 7.88. The average Bonchev–Trinajstić information content (AvgIpc) is 2.67. The Labute approximate surface area is 155 Å². The van der Waals surface area contributed by atoms with Crippen LogP contribution in [0.5, 0.6) is 11.5 Å². The fraction of sp³-hybridized carbons (Fsp3) is 0.211. The number of nitrogens with one attached hydrogen (secondary N) is 1. The van der Waals surface area contributed by atoms with Crippen LogP contribution in [-0.4, -0.2) is 35.9 Å². The first-order valence-corrected chi connectivity index (χ1v) is 8.76. The molecule has 0 aliphatic carbocycles. The molecule has 0 fully saturated rings. The van der Waals surface area contributed by atoms with E-state index in [1.54, 1.807) is 55.5 Å². The van der Waals surface area contributed by atoms with Crippen LogP contribution >= 0.6 is 11.8 Å². The first-order chi connectivity index (χ1) is 12.5. The standard InChI is InChI=1S/C19H19NO5S/c1-13(26-19(23)14-8-4-3-5-9-14)18(22)20-12-17(21)25-16-11-7-6-10-15(16)24-2/h3-11,13H,12H2,1-2H3,(H,20,22). The lowest BCUT2D eigenvalue weighted by molar-refractivity contribution is -0.135. The maximum atomic E-state index is 12.1. The lowest BCUT2D eigenvalue weighted by Gasteiger charge is -2.12. The van der Waals surface area contributed by atoms with Crippen LogP contribution in [0.2, 0.25) is 0 Å². The summed E-state index contributed by atoms with van der Waals surface area (Å²) in [5, 5.41) is 1.63. The van der Waals surface area contributed by atoms with Gasteiger partial charge in [-0.15, -0.1) is 0 Å². The molecule has 1 atom stereocenters. The summed E-state index contributed by atoms with van der Waals surface area (Å²) in [7, 11) is 1.47. The summed E-state index contributed by atoms with van der Waals surface area (Å²) in [6, 6.07) is 15.4. The van der Waals surface area contributed by atoms with Gasteiger partial charge in [-0.1, -0.05) is 54.2 Å². The van der Waals surface area contributed by atoms with Gasteiger partial charge in [0.2, 0.25) is 11.0 Å². The molecule has 6 nitrogen and oxygen atoms in total. The first kappa shape index (κ1) is 19.5. The molecule has 0 radical (unpaired) electrons. The lowest BCUT2D eigenvalue weighted by atomic mass is 10.2. The molecule has 7 heteroatoms. The summed E-state index contributed by atoms with van der Waals surface area (Å²) >= 11 is 0.899. The van der Waals surface area contributed by atoms with Crippen LogP contribution in [0.15, 0.2) is 54.6 Å². The van der Waals surface area contributed by atoms with Crippen molar-refractivity contribution in [3.05, 3.63) is 60.2 Å². The van der Waals surface area contributed by atoms with Gasteiger partial charge in [0.1, 0.15) is 6.54 Å². The lowest BCUT2D eigenvalue weighted by Crippen LogP contribution is -2.37. The van der Waals surface area contributed by atoms with E-state index >= 15 is 0 Å². The molecule has 1 N–H and O–H groups in total. The van der Waals surface area contributed by atoms with Crippen molar-refractivity contribution in [1.29, 1.82) is 0 Å². The third-order valence-electron chi connectivity index (χ3n) is 3.36. The molecule has 0 aliphatic heterocycles. The smallest absolute Gasteiger partial charge is 0.330 e. The van der Waals surface area contributed by atoms with Gasteiger partial charge in [0, 0.05) is 5.56 Å². The second-order valence-electron chi connectivity index (χ2n) is 5.26. The third-order valence-corrected chi connectivity index (χ3v) is 4.38. The van der Waals surface area contributed by atoms with E-state index < -0.39 is 17.1 Å². The fourth-order valence-electron chi connectivity index (χ4n) is 2.02. The molecule has 0 heterocycles. The number of carbonyl (C=O) groups is 3. The third kappa shape index (κ3) is 5.63. The molecule has 136 valence electrons. The number of esters is 1. The molecule has 1 unspecified atom stereocenters. The summed E-state index contributed by atoms with van der Waals surface area (Å²) in [5.74, 6) is -0.355. The highest BCUT2D eigenvalue weighted by Gasteiger charge is 2.20. The SMILES string of the molecule is COc1ccccc1OC(=O)CNC(=O)C(C)SC(=O)c1ccccc1. The van der Waals surface area contributed by atoms with Crippen LogP contribution in [-0.2, 0) is 9.59 Å². The molecular weight excluding hydrogens is 354 g/mol. The van der Waals surface area contributed by atoms with Crippen LogP contribution in [0, 0.1) is 0 Å². The topological polar surface area (TPSA) is 81.7 Å². The summed E-state index contributed by atoms with van der Waals surface area (Å²) in [6.07, 6.45) is 0. The Morgan fingerprint density at radius 1 is 1.00 bits per heavy atom. The van der Waals surface area contributed by atoms with E-state index in [4.69, 9.17) is 9.47 Å². The quantitative estimate of drug-likeness (QED) is 0.594. The van der Waals surface area contributed by atoms with Crippen molar-refractivity contribution in [3.63, 3.8) is 0 Å². The Morgan fingerprint density at radius 2 is 1.62 bits per heavy atom. The minimum atomic E-state index is -0.637. The van der Waals surface area contributed by atoms with Gasteiger partial charge < -0.3 is 14.8 Å². The van der Waals surface area contributed by atoms with Crippen LogP contribution in [0.25, 0.3) is 0 Å². The van der Waals surface area contributed by atoms with Crippen molar-refractivity contribution < 1.29 is 23.9 Å². The molecule has 2 aromatic rings. The van der Waals surface area contributed by atoms with Gasteiger partial charge in [-0.2, -0.15) is 0 Å². The highest BCUT2D eigenvalue weighted by molar-refractivity contribution is 8.15. The number of hydrogen-bond donors (Lipinski definition) is 1. The van der Waals surface area contributed by atoms with Crippen LogP contribution in [0.3, 0.4) is 0 Å². The Morgan fingerprint density at radius 3 is 2.27 bits per heavy atom. The largest absolute Gasteiger partial charge is 0.493 e. The van der Waals surface area contributed by atoms with Crippen molar-refractivity contribution in [2.24, 2.45) is 0 Å². The summed E-state index contributed by atoms with van der Waals surface area (Å²) in [6.45, 7) is 1.30. The summed E-state index contributed by atoms with van der Waals surface area (Å²) < 4.78 is 10.3. The summed E-state index contributed by atoms with van der Waals surface area (Å²) in [4.78, 5) is 36.0. The van der Waals surface area contributed by atoms with Crippen molar-refractivity contribution in [3.8, 4) is 11.5 Å². The van der Waals surface area contributed by atoms with Crippen molar-refractivity contribution in [2.75, 3.05) is 13.7 Å². The van der Waals surface area contributed by atoms with Gasteiger partial charge in [-0.3, -0.25) is 9.59 Å². The van der Waals surface area contributed by atoms with E-state index in [1.165, 1.54) is 7.11 Å². The zero-order valence-electron chi connectivity index (χ0n) is 14.4. The number of hydrogen-bond acceptors (Lipinski definition) is 6. The van der Waals surface area contributed by atoms with Gasteiger partial charge in [-0.25, -0.2) is 4.79 Å².